The third-order valence-corrected chi connectivity index (χ3v) is 3.00. The van der Waals surface area contributed by atoms with E-state index in [1.807, 2.05) is 6.07 Å². The van der Waals surface area contributed by atoms with E-state index in [0.717, 1.165) is 17.2 Å². The monoisotopic (exact) mass is 192 g/mol. The Morgan fingerprint density at radius 1 is 1.64 bits per heavy atom. The summed E-state index contributed by atoms with van der Waals surface area (Å²) < 4.78 is 0. The molecule has 3 atom stereocenters. The number of pyridine rings is 1. The van der Waals surface area contributed by atoms with E-state index in [1.165, 1.54) is 6.42 Å². The van der Waals surface area contributed by atoms with Crippen molar-refractivity contribution in [3.8, 4) is 0 Å². The van der Waals surface area contributed by atoms with Gasteiger partial charge in [-0.2, -0.15) is 0 Å². The zero-order valence-electron chi connectivity index (χ0n) is 8.27. The van der Waals surface area contributed by atoms with E-state index >= 15 is 0 Å². The summed E-state index contributed by atoms with van der Waals surface area (Å²) in [6.07, 6.45) is 4.71. The van der Waals surface area contributed by atoms with Crippen molar-refractivity contribution in [3.63, 3.8) is 0 Å². The zero-order chi connectivity index (χ0) is 10.1. The molecule has 1 heterocycles. The Morgan fingerprint density at radius 3 is 2.86 bits per heavy atom. The quantitative estimate of drug-likeness (QED) is 0.489. The molecular formula is C10H16N4. The molecule has 1 aromatic heterocycles. The molecule has 0 amide bonds. The molecule has 0 spiro atoms. The van der Waals surface area contributed by atoms with Gasteiger partial charge in [-0.05, 0) is 24.3 Å². The molecule has 2 rings (SSSR count). The van der Waals surface area contributed by atoms with Gasteiger partial charge in [0.2, 0.25) is 0 Å². The Morgan fingerprint density at radius 2 is 2.36 bits per heavy atom. The first-order valence-electron chi connectivity index (χ1n) is 4.89. The van der Waals surface area contributed by atoms with Crippen LogP contribution in [0.4, 0.5) is 5.69 Å². The van der Waals surface area contributed by atoms with Crippen molar-refractivity contribution in [2.75, 3.05) is 5.73 Å². The predicted octanol–water partition coefficient (Wildman–Crippen LogP) is 0.824. The lowest BCUT2D eigenvalue weighted by atomic mass is 10.0. The Bertz CT molecular complexity index is 326. The molecule has 1 aliphatic carbocycles. The van der Waals surface area contributed by atoms with Gasteiger partial charge >= 0.3 is 0 Å². The molecule has 5 N–H and O–H groups in total. The maximum absolute atomic E-state index is 5.87. The molecule has 0 aromatic carbocycles. The van der Waals surface area contributed by atoms with Crippen molar-refractivity contribution in [2.45, 2.75) is 19.4 Å². The van der Waals surface area contributed by atoms with Crippen LogP contribution in [-0.2, 0) is 0 Å². The van der Waals surface area contributed by atoms with E-state index in [1.54, 1.807) is 12.4 Å². The summed E-state index contributed by atoms with van der Waals surface area (Å²) in [4.78, 5) is 4.07. The maximum Gasteiger partial charge on any atom is 0.0526 e. The topological polar surface area (TPSA) is 77.0 Å². The highest BCUT2D eigenvalue weighted by atomic mass is 15.2. The van der Waals surface area contributed by atoms with Gasteiger partial charge in [-0.1, -0.05) is 6.92 Å². The van der Waals surface area contributed by atoms with Gasteiger partial charge in [-0.3, -0.25) is 16.3 Å². The summed E-state index contributed by atoms with van der Waals surface area (Å²) in [5, 5.41) is 0. The Kier molecular flexibility index (Phi) is 2.39. The van der Waals surface area contributed by atoms with Crippen molar-refractivity contribution < 1.29 is 0 Å². The fourth-order valence-electron chi connectivity index (χ4n) is 1.94. The van der Waals surface area contributed by atoms with Crippen LogP contribution in [-0.4, -0.2) is 4.98 Å². The maximum atomic E-state index is 5.87. The summed E-state index contributed by atoms with van der Waals surface area (Å²) in [6, 6.07) is 1.96. The summed E-state index contributed by atoms with van der Waals surface area (Å²) >= 11 is 0. The molecule has 0 aliphatic heterocycles. The first kappa shape index (κ1) is 9.43. The average molecular weight is 192 g/mol. The number of anilines is 1. The number of nitrogens with two attached hydrogens (primary N) is 2. The fraction of sp³-hybridized carbons (Fsp3) is 0.500. The van der Waals surface area contributed by atoms with Gasteiger partial charge in [-0.25, -0.2) is 0 Å². The molecule has 1 fully saturated rings. The lowest BCUT2D eigenvalue weighted by Crippen LogP contribution is -2.30. The van der Waals surface area contributed by atoms with Gasteiger partial charge in [0.1, 0.15) is 0 Å². The molecule has 0 bridgehead atoms. The highest BCUT2D eigenvalue weighted by Crippen LogP contribution is 2.47. The van der Waals surface area contributed by atoms with Gasteiger partial charge in [0, 0.05) is 23.6 Å². The van der Waals surface area contributed by atoms with Gasteiger partial charge in [0.25, 0.3) is 0 Å². The van der Waals surface area contributed by atoms with Crippen LogP contribution in [0, 0.1) is 11.8 Å². The van der Waals surface area contributed by atoms with E-state index in [4.69, 9.17) is 11.6 Å². The third kappa shape index (κ3) is 1.58. The number of hydrogen-bond acceptors (Lipinski definition) is 4. The summed E-state index contributed by atoms with van der Waals surface area (Å²) in [5.41, 5.74) is 10.5. The SMILES string of the molecule is CC1CC1C(NN)c1cnccc1N. The minimum Gasteiger partial charge on any atom is -0.398 e. The molecule has 4 heteroatoms. The first-order valence-corrected chi connectivity index (χ1v) is 4.89. The molecule has 14 heavy (non-hydrogen) atoms. The van der Waals surface area contributed by atoms with E-state index in [0.29, 0.717) is 5.92 Å². The molecule has 1 aliphatic rings. The van der Waals surface area contributed by atoms with Crippen molar-refractivity contribution in [1.82, 2.24) is 10.4 Å². The molecule has 76 valence electrons. The third-order valence-electron chi connectivity index (χ3n) is 3.00. The van der Waals surface area contributed by atoms with Gasteiger partial charge in [0.15, 0.2) is 0 Å². The molecule has 3 unspecified atom stereocenters. The number of nitrogens with one attached hydrogen (secondary N) is 1. The number of aromatic nitrogens is 1. The minimum atomic E-state index is 0.152. The van der Waals surface area contributed by atoms with Crippen LogP contribution in [0.25, 0.3) is 0 Å². The Balaban J connectivity index is 2.23. The fourth-order valence-corrected chi connectivity index (χ4v) is 1.94. The van der Waals surface area contributed by atoms with Crippen molar-refractivity contribution >= 4 is 5.69 Å². The zero-order valence-corrected chi connectivity index (χ0v) is 8.27. The lowest BCUT2D eigenvalue weighted by Gasteiger charge is -2.17. The number of hydrogen-bond donors (Lipinski definition) is 3. The standard InChI is InChI=1S/C10H16N4/c1-6-4-7(6)10(14-12)8-5-13-3-2-9(8)11/h2-3,5-7,10,14H,4,12H2,1H3,(H2,11,13). The summed E-state index contributed by atoms with van der Waals surface area (Å²) in [5.74, 6) is 6.88. The van der Waals surface area contributed by atoms with Crippen molar-refractivity contribution in [3.05, 3.63) is 24.0 Å². The first-order chi connectivity index (χ1) is 6.74. The van der Waals surface area contributed by atoms with Crippen molar-refractivity contribution in [2.24, 2.45) is 17.7 Å². The number of rotatable bonds is 3. The molecular weight excluding hydrogens is 176 g/mol. The lowest BCUT2D eigenvalue weighted by molar-refractivity contribution is 0.476. The van der Waals surface area contributed by atoms with Crippen LogP contribution in [0.5, 0.6) is 0 Å². The van der Waals surface area contributed by atoms with Gasteiger partial charge < -0.3 is 5.73 Å². The molecule has 1 aromatic rings. The normalized spacial score (nSPS) is 27.3. The second-order valence-corrected chi connectivity index (χ2v) is 4.03. The number of nitrogens with zero attached hydrogens (tertiary/aromatic N) is 1. The van der Waals surface area contributed by atoms with Crippen molar-refractivity contribution in [1.29, 1.82) is 0 Å². The average Bonchev–Trinajstić information content (AvgIpc) is 2.88. The highest BCUT2D eigenvalue weighted by molar-refractivity contribution is 5.46. The van der Waals surface area contributed by atoms with E-state index in [9.17, 15) is 0 Å². The van der Waals surface area contributed by atoms with Crippen LogP contribution in [0.1, 0.15) is 24.9 Å². The Hall–Kier alpha value is -1.13. The molecule has 0 radical (unpaired) electrons. The van der Waals surface area contributed by atoms with E-state index < -0.39 is 0 Å². The van der Waals surface area contributed by atoms with Gasteiger partial charge in [0.05, 0.1) is 6.04 Å². The highest BCUT2D eigenvalue weighted by Gasteiger charge is 2.40. The van der Waals surface area contributed by atoms with E-state index in [-0.39, 0.29) is 6.04 Å². The van der Waals surface area contributed by atoms with Crippen LogP contribution in [0.3, 0.4) is 0 Å². The largest absolute Gasteiger partial charge is 0.398 e. The van der Waals surface area contributed by atoms with Crippen LogP contribution in [0.15, 0.2) is 18.5 Å². The van der Waals surface area contributed by atoms with Crippen LogP contribution < -0.4 is 17.0 Å². The van der Waals surface area contributed by atoms with Crippen LogP contribution >= 0.6 is 0 Å². The second-order valence-electron chi connectivity index (χ2n) is 4.03. The summed E-state index contributed by atoms with van der Waals surface area (Å²) in [6.45, 7) is 2.22. The Labute approximate surface area is 83.7 Å². The van der Waals surface area contributed by atoms with E-state index in [2.05, 4.69) is 17.3 Å². The molecule has 1 saturated carbocycles. The number of nitrogen functional groups attached to an aromatic ring is 1. The summed E-state index contributed by atoms with van der Waals surface area (Å²) in [7, 11) is 0. The molecule has 4 nitrogen and oxygen atoms in total. The smallest absolute Gasteiger partial charge is 0.0526 e. The van der Waals surface area contributed by atoms with Gasteiger partial charge in [-0.15, -0.1) is 0 Å². The second kappa shape index (κ2) is 3.55. The number of hydrazine groups is 1. The predicted molar refractivity (Wildman–Crippen MR) is 56.0 cm³/mol. The van der Waals surface area contributed by atoms with Crippen LogP contribution in [0.2, 0.25) is 0 Å². The molecule has 0 saturated heterocycles. The minimum absolute atomic E-state index is 0.152.